The molecule has 222 valence electrons. The van der Waals surface area contributed by atoms with Gasteiger partial charge in [-0.2, -0.15) is 18.4 Å². The third-order valence-corrected chi connectivity index (χ3v) is 6.75. The van der Waals surface area contributed by atoms with E-state index >= 15 is 0 Å². The highest BCUT2D eigenvalue weighted by Gasteiger charge is 2.29. The molecular formula is C32H34F3N3O4. The van der Waals surface area contributed by atoms with Crippen LogP contribution in [0.25, 0.3) is 0 Å². The summed E-state index contributed by atoms with van der Waals surface area (Å²) in [5.41, 5.74) is 4.45. The van der Waals surface area contributed by atoms with Crippen LogP contribution in [0.15, 0.2) is 66.7 Å². The number of rotatable bonds is 15. The van der Waals surface area contributed by atoms with Crippen molar-refractivity contribution in [1.82, 2.24) is 5.32 Å². The van der Waals surface area contributed by atoms with Gasteiger partial charge in [-0.25, -0.2) is 4.79 Å². The van der Waals surface area contributed by atoms with E-state index in [0.29, 0.717) is 37.2 Å². The number of nitrogens with one attached hydrogen (secondary N) is 1. The summed E-state index contributed by atoms with van der Waals surface area (Å²) in [6, 6.07) is 21.7. The lowest BCUT2D eigenvalue weighted by molar-refractivity contribution is -0.153. The van der Waals surface area contributed by atoms with Crippen molar-refractivity contribution >= 4 is 11.7 Å². The van der Waals surface area contributed by atoms with Crippen LogP contribution in [-0.4, -0.2) is 58.1 Å². The Bertz CT molecular complexity index is 1360. The predicted molar refractivity (Wildman–Crippen MR) is 153 cm³/mol. The molecule has 0 spiro atoms. The predicted octanol–water partition coefficient (Wildman–Crippen LogP) is 5.71. The SMILES string of the molecule is N#Cc1cc(CCCNCCOc2ccccc2OCC(F)(F)F)cc2c1N(CCCOC(=O)c1ccccc1)CC2. The van der Waals surface area contributed by atoms with Gasteiger partial charge in [0.1, 0.15) is 12.7 Å². The van der Waals surface area contributed by atoms with E-state index in [9.17, 15) is 23.2 Å². The average molecular weight is 582 g/mol. The molecule has 0 aromatic heterocycles. The number of hydrogen-bond donors (Lipinski definition) is 1. The number of carbonyl (C=O) groups excluding carboxylic acids is 1. The number of para-hydroxylation sites is 2. The molecule has 3 aromatic rings. The van der Waals surface area contributed by atoms with E-state index in [-0.39, 0.29) is 24.1 Å². The minimum absolute atomic E-state index is 0.0600. The molecule has 0 amide bonds. The molecule has 1 aliphatic rings. The van der Waals surface area contributed by atoms with Crippen LogP contribution in [0.1, 0.15) is 39.9 Å². The molecule has 0 radical (unpaired) electrons. The number of halogens is 3. The molecule has 0 saturated heterocycles. The van der Waals surface area contributed by atoms with Gasteiger partial charge in [0.2, 0.25) is 0 Å². The normalized spacial score (nSPS) is 12.5. The van der Waals surface area contributed by atoms with Crippen molar-refractivity contribution in [3.05, 3.63) is 89.0 Å². The third-order valence-electron chi connectivity index (χ3n) is 6.75. The number of nitriles is 1. The van der Waals surface area contributed by atoms with Crippen LogP contribution in [0.2, 0.25) is 0 Å². The fourth-order valence-corrected chi connectivity index (χ4v) is 4.85. The first-order valence-electron chi connectivity index (χ1n) is 14.0. The molecule has 3 aromatic carbocycles. The minimum atomic E-state index is -4.41. The summed E-state index contributed by atoms with van der Waals surface area (Å²) in [6.45, 7) is 2.01. The van der Waals surface area contributed by atoms with Crippen LogP contribution >= 0.6 is 0 Å². The second kappa shape index (κ2) is 15.1. The van der Waals surface area contributed by atoms with Gasteiger partial charge in [0, 0.05) is 19.6 Å². The fraction of sp³-hybridized carbons (Fsp3) is 0.375. The average Bonchev–Trinajstić information content (AvgIpc) is 3.40. The van der Waals surface area contributed by atoms with Crippen molar-refractivity contribution in [2.24, 2.45) is 0 Å². The van der Waals surface area contributed by atoms with Gasteiger partial charge in [0.15, 0.2) is 18.1 Å². The molecule has 0 fully saturated rings. The highest BCUT2D eigenvalue weighted by molar-refractivity contribution is 5.89. The lowest BCUT2D eigenvalue weighted by Gasteiger charge is -2.21. The first kappa shape index (κ1) is 30.7. The molecule has 0 aliphatic carbocycles. The maximum absolute atomic E-state index is 12.5. The molecule has 1 N–H and O–H groups in total. The van der Waals surface area contributed by atoms with Gasteiger partial charge in [-0.3, -0.25) is 0 Å². The number of nitrogens with zero attached hydrogens (tertiary/aromatic N) is 2. The minimum Gasteiger partial charge on any atom is -0.488 e. The maximum atomic E-state index is 12.5. The molecule has 4 rings (SSSR count). The number of benzene rings is 3. The van der Waals surface area contributed by atoms with Crippen molar-refractivity contribution in [3.8, 4) is 17.6 Å². The Kier molecular flexibility index (Phi) is 11.1. The van der Waals surface area contributed by atoms with Crippen molar-refractivity contribution in [2.45, 2.75) is 31.9 Å². The van der Waals surface area contributed by atoms with Crippen LogP contribution in [0.3, 0.4) is 0 Å². The van der Waals surface area contributed by atoms with Crippen LogP contribution in [0, 0.1) is 11.3 Å². The van der Waals surface area contributed by atoms with E-state index in [1.54, 1.807) is 42.5 Å². The lowest BCUT2D eigenvalue weighted by Crippen LogP contribution is -2.24. The lowest BCUT2D eigenvalue weighted by atomic mass is 10.00. The number of esters is 1. The Balaban J connectivity index is 1.17. The zero-order chi connectivity index (χ0) is 29.8. The van der Waals surface area contributed by atoms with Crippen LogP contribution in [0.4, 0.5) is 18.9 Å². The molecule has 7 nitrogen and oxygen atoms in total. The van der Waals surface area contributed by atoms with Crippen molar-refractivity contribution in [1.29, 1.82) is 5.26 Å². The summed E-state index contributed by atoms with van der Waals surface area (Å²) in [5, 5.41) is 13.1. The number of ether oxygens (including phenoxy) is 3. The van der Waals surface area contributed by atoms with Gasteiger partial charge in [-0.05, 0) is 73.7 Å². The smallest absolute Gasteiger partial charge is 0.422 e. The Morgan fingerprint density at radius 2 is 1.69 bits per heavy atom. The number of fused-ring (bicyclic) bond motifs is 1. The number of aryl methyl sites for hydroxylation is 1. The summed E-state index contributed by atoms with van der Waals surface area (Å²) in [6.07, 6.45) is -1.22. The van der Waals surface area contributed by atoms with Gasteiger partial charge in [-0.1, -0.05) is 36.4 Å². The first-order chi connectivity index (χ1) is 20.3. The van der Waals surface area contributed by atoms with Crippen molar-refractivity contribution in [2.75, 3.05) is 50.9 Å². The van der Waals surface area contributed by atoms with Gasteiger partial charge in [0.05, 0.1) is 23.4 Å². The molecule has 0 bridgehead atoms. The summed E-state index contributed by atoms with van der Waals surface area (Å²) < 4.78 is 53.2. The van der Waals surface area contributed by atoms with E-state index in [1.807, 2.05) is 12.1 Å². The second-order valence-electron chi connectivity index (χ2n) is 9.91. The molecule has 0 saturated carbocycles. The molecule has 1 heterocycles. The van der Waals surface area contributed by atoms with Crippen LogP contribution in [0.5, 0.6) is 11.5 Å². The Hall–Kier alpha value is -4.23. The van der Waals surface area contributed by atoms with Gasteiger partial charge in [0.25, 0.3) is 0 Å². The summed E-state index contributed by atoms with van der Waals surface area (Å²) in [7, 11) is 0. The second-order valence-corrected chi connectivity index (χ2v) is 9.91. The highest BCUT2D eigenvalue weighted by Crippen LogP contribution is 2.33. The Morgan fingerprint density at radius 3 is 2.43 bits per heavy atom. The summed E-state index contributed by atoms with van der Waals surface area (Å²) in [5.74, 6) is -0.000611. The quantitative estimate of drug-likeness (QED) is 0.182. The van der Waals surface area contributed by atoms with E-state index in [2.05, 4.69) is 22.4 Å². The number of carbonyl (C=O) groups is 1. The van der Waals surface area contributed by atoms with Crippen LogP contribution in [-0.2, 0) is 17.6 Å². The molecule has 0 unspecified atom stereocenters. The third kappa shape index (κ3) is 9.14. The first-order valence-corrected chi connectivity index (χ1v) is 14.0. The standard InChI is InChI=1S/C32H34F3N3O4/c33-32(34,35)23-42-29-12-5-4-11-28(29)40-19-15-37-14-6-8-24-20-26-13-17-38(30(26)27(21-24)22-36)16-7-18-41-31(39)25-9-2-1-3-10-25/h1-5,9-12,20-21,37H,6-8,13-19,23H2. The Morgan fingerprint density at radius 1 is 0.952 bits per heavy atom. The van der Waals surface area contributed by atoms with Crippen LogP contribution < -0.4 is 19.7 Å². The zero-order valence-corrected chi connectivity index (χ0v) is 23.3. The summed E-state index contributed by atoms with van der Waals surface area (Å²) >= 11 is 0. The van der Waals surface area contributed by atoms with E-state index in [1.165, 1.54) is 6.07 Å². The Labute approximate surface area is 243 Å². The molecular weight excluding hydrogens is 547 g/mol. The highest BCUT2D eigenvalue weighted by atomic mass is 19.4. The van der Waals surface area contributed by atoms with E-state index in [4.69, 9.17) is 14.2 Å². The topological polar surface area (TPSA) is 83.8 Å². The van der Waals surface area contributed by atoms with Crippen molar-refractivity contribution < 1.29 is 32.2 Å². The fourth-order valence-electron chi connectivity index (χ4n) is 4.85. The van der Waals surface area contributed by atoms with Gasteiger partial charge < -0.3 is 24.4 Å². The van der Waals surface area contributed by atoms with E-state index in [0.717, 1.165) is 49.2 Å². The molecule has 42 heavy (non-hydrogen) atoms. The molecule has 1 aliphatic heterocycles. The van der Waals surface area contributed by atoms with Crippen molar-refractivity contribution in [3.63, 3.8) is 0 Å². The zero-order valence-electron chi connectivity index (χ0n) is 23.3. The molecule has 0 atom stereocenters. The number of hydrogen-bond acceptors (Lipinski definition) is 7. The summed E-state index contributed by atoms with van der Waals surface area (Å²) in [4.78, 5) is 14.3. The van der Waals surface area contributed by atoms with E-state index < -0.39 is 12.8 Å². The number of anilines is 1. The largest absolute Gasteiger partial charge is 0.488 e. The van der Waals surface area contributed by atoms with Gasteiger partial charge >= 0.3 is 12.1 Å². The molecule has 10 heteroatoms. The monoisotopic (exact) mass is 581 g/mol. The van der Waals surface area contributed by atoms with Gasteiger partial charge in [-0.15, -0.1) is 0 Å². The maximum Gasteiger partial charge on any atom is 0.422 e. The number of alkyl halides is 3.